The Hall–Kier alpha value is -1.74. The van der Waals surface area contributed by atoms with Crippen LogP contribution in [0.25, 0.3) is 0 Å². The lowest BCUT2D eigenvalue weighted by Gasteiger charge is -2.18. The SMILES string of the molecule is C=CC(O)(c1ccco1)c1ccco1. The van der Waals surface area contributed by atoms with Gasteiger partial charge < -0.3 is 13.9 Å². The molecule has 0 bridgehead atoms. The lowest BCUT2D eigenvalue weighted by molar-refractivity contribution is 0.0834. The average Bonchev–Trinajstić information content (AvgIpc) is 2.88. The number of furan rings is 2. The minimum absolute atomic E-state index is 0.391. The fourth-order valence-corrected chi connectivity index (χ4v) is 1.31. The van der Waals surface area contributed by atoms with E-state index < -0.39 is 5.60 Å². The Morgan fingerprint density at radius 2 is 1.64 bits per heavy atom. The van der Waals surface area contributed by atoms with Gasteiger partial charge in [-0.15, -0.1) is 0 Å². The van der Waals surface area contributed by atoms with Gasteiger partial charge in [0.1, 0.15) is 11.5 Å². The number of hydrogen-bond donors (Lipinski definition) is 1. The molecule has 0 saturated carbocycles. The second-order valence-corrected chi connectivity index (χ2v) is 2.93. The Morgan fingerprint density at radius 1 is 1.14 bits per heavy atom. The minimum Gasteiger partial charge on any atom is -0.465 e. The first-order valence-corrected chi connectivity index (χ1v) is 4.21. The van der Waals surface area contributed by atoms with Crippen LogP contribution in [0.3, 0.4) is 0 Å². The number of aliphatic hydroxyl groups is 1. The van der Waals surface area contributed by atoms with Crippen LogP contribution in [0.15, 0.2) is 58.3 Å². The maximum absolute atomic E-state index is 10.2. The topological polar surface area (TPSA) is 46.5 Å². The average molecular weight is 190 g/mol. The van der Waals surface area contributed by atoms with Gasteiger partial charge in [0.05, 0.1) is 12.5 Å². The molecular formula is C11H10O3. The molecule has 0 unspecified atom stereocenters. The van der Waals surface area contributed by atoms with E-state index in [9.17, 15) is 5.11 Å². The van der Waals surface area contributed by atoms with Gasteiger partial charge in [-0.1, -0.05) is 6.58 Å². The van der Waals surface area contributed by atoms with Crippen molar-refractivity contribution in [2.45, 2.75) is 5.60 Å². The summed E-state index contributed by atoms with van der Waals surface area (Å²) in [6.07, 6.45) is 4.37. The molecule has 0 aromatic carbocycles. The maximum atomic E-state index is 10.2. The first-order valence-electron chi connectivity index (χ1n) is 4.21. The molecule has 0 atom stereocenters. The molecule has 0 amide bonds. The van der Waals surface area contributed by atoms with Gasteiger partial charge in [0.15, 0.2) is 5.60 Å². The van der Waals surface area contributed by atoms with E-state index in [2.05, 4.69) is 6.58 Å². The lowest BCUT2D eigenvalue weighted by atomic mass is 9.98. The largest absolute Gasteiger partial charge is 0.465 e. The molecule has 0 radical (unpaired) electrons. The highest BCUT2D eigenvalue weighted by Gasteiger charge is 2.33. The van der Waals surface area contributed by atoms with E-state index in [4.69, 9.17) is 8.83 Å². The van der Waals surface area contributed by atoms with Gasteiger partial charge in [-0.2, -0.15) is 0 Å². The first-order chi connectivity index (χ1) is 6.77. The normalized spacial score (nSPS) is 11.5. The predicted molar refractivity (Wildman–Crippen MR) is 50.6 cm³/mol. The number of hydrogen-bond acceptors (Lipinski definition) is 3. The van der Waals surface area contributed by atoms with Crippen LogP contribution < -0.4 is 0 Å². The number of rotatable bonds is 3. The molecule has 0 aliphatic heterocycles. The van der Waals surface area contributed by atoms with E-state index in [-0.39, 0.29) is 0 Å². The molecule has 0 spiro atoms. The van der Waals surface area contributed by atoms with Crippen LogP contribution in [-0.2, 0) is 5.60 Å². The van der Waals surface area contributed by atoms with Crippen LogP contribution in [0.1, 0.15) is 11.5 Å². The van der Waals surface area contributed by atoms with E-state index in [0.29, 0.717) is 11.5 Å². The molecule has 0 fully saturated rings. The Balaban J connectivity index is 2.51. The van der Waals surface area contributed by atoms with E-state index in [1.165, 1.54) is 18.6 Å². The summed E-state index contributed by atoms with van der Waals surface area (Å²) < 4.78 is 10.3. The van der Waals surface area contributed by atoms with Gasteiger partial charge >= 0.3 is 0 Å². The van der Waals surface area contributed by atoms with Crippen molar-refractivity contribution in [3.63, 3.8) is 0 Å². The van der Waals surface area contributed by atoms with Crippen molar-refractivity contribution < 1.29 is 13.9 Å². The summed E-state index contributed by atoms with van der Waals surface area (Å²) in [5, 5.41) is 10.2. The molecule has 2 rings (SSSR count). The molecule has 3 nitrogen and oxygen atoms in total. The summed E-state index contributed by atoms with van der Waals surface area (Å²) in [6.45, 7) is 3.57. The van der Waals surface area contributed by atoms with Crippen molar-refractivity contribution in [2.24, 2.45) is 0 Å². The van der Waals surface area contributed by atoms with Gasteiger partial charge in [-0.05, 0) is 30.3 Å². The summed E-state index contributed by atoms with van der Waals surface area (Å²) in [5.41, 5.74) is -1.38. The quantitative estimate of drug-likeness (QED) is 0.755. The second-order valence-electron chi connectivity index (χ2n) is 2.93. The van der Waals surface area contributed by atoms with Crippen molar-refractivity contribution in [1.29, 1.82) is 0 Å². The molecule has 0 saturated heterocycles. The highest BCUT2D eigenvalue weighted by molar-refractivity contribution is 5.29. The third kappa shape index (κ3) is 1.18. The van der Waals surface area contributed by atoms with E-state index >= 15 is 0 Å². The lowest BCUT2D eigenvalue weighted by Crippen LogP contribution is -2.22. The van der Waals surface area contributed by atoms with Crippen LogP contribution in [0.4, 0.5) is 0 Å². The Morgan fingerprint density at radius 3 is 1.93 bits per heavy atom. The van der Waals surface area contributed by atoms with Crippen molar-refractivity contribution >= 4 is 0 Å². The zero-order valence-corrected chi connectivity index (χ0v) is 7.51. The molecule has 3 heteroatoms. The van der Waals surface area contributed by atoms with E-state index in [0.717, 1.165) is 0 Å². The molecule has 2 heterocycles. The Kier molecular flexibility index (Phi) is 2.02. The molecule has 0 aliphatic rings. The van der Waals surface area contributed by atoms with Crippen molar-refractivity contribution in [3.8, 4) is 0 Å². The van der Waals surface area contributed by atoms with Crippen LogP contribution in [0, 0.1) is 0 Å². The third-order valence-electron chi connectivity index (χ3n) is 2.09. The smallest absolute Gasteiger partial charge is 0.198 e. The zero-order valence-electron chi connectivity index (χ0n) is 7.51. The van der Waals surface area contributed by atoms with Crippen LogP contribution in [0.2, 0.25) is 0 Å². The fraction of sp³-hybridized carbons (Fsp3) is 0.0909. The summed E-state index contributed by atoms with van der Waals surface area (Å²) in [5.74, 6) is 0.782. The molecule has 2 aromatic rings. The third-order valence-corrected chi connectivity index (χ3v) is 2.09. The molecule has 14 heavy (non-hydrogen) atoms. The summed E-state index contributed by atoms with van der Waals surface area (Å²) in [4.78, 5) is 0. The fourth-order valence-electron chi connectivity index (χ4n) is 1.31. The summed E-state index contributed by atoms with van der Waals surface area (Å²) in [7, 11) is 0. The van der Waals surface area contributed by atoms with Gasteiger partial charge in [0.25, 0.3) is 0 Å². The Labute approximate surface area is 81.3 Å². The van der Waals surface area contributed by atoms with Gasteiger partial charge in [-0.3, -0.25) is 0 Å². The van der Waals surface area contributed by atoms with Gasteiger partial charge in [0, 0.05) is 0 Å². The predicted octanol–water partition coefficient (Wildman–Crippen LogP) is 2.29. The minimum atomic E-state index is -1.38. The molecule has 1 N–H and O–H groups in total. The highest BCUT2D eigenvalue weighted by atomic mass is 16.4. The van der Waals surface area contributed by atoms with E-state index in [1.807, 2.05) is 0 Å². The summed E-state index contributed by atoms with van der Waals surface area (Å²) in [6, 6.07) is 6.74. The van der Waals surface area contributed by atoms with Crippen LogP contribution in [0.5, 0.6) is 0 Å². The first kappa shape index (κ1) is 8.84. The van der Waals surface area contributed by atoms with Gasteiger partial charge in [0.2, 0.25) is 0 Å². The van der Waals surface area contributed by atoms with Crippen molar-refractivity contribution in [2.75, 3.05) is 0 Å². The molecule has 0 aliphatic carbocycles. The van der Waals surface area contributed by atoms with Gasteiger partial charge in [-0.25, -0.2) is 0 Å². The Bertz CT molecular complexity index is 363. The molecule has 2 aromatic heterocycles. The standard InChI is InChI=1S/C11H10O3/c1-2-11(12,9-5-3-7-13-9)10-6-4-8-14-10/h2-8,12H,1H2. The van der Waals surface area contributed by atoms with Crippen molar-refractivity contribution in [1.82, 2.24) is 0 Å². The van der Waals surface area contributed by atoms with E-state index in [1.54, 1.807) is 24.3 Å². The highest BCUT2D eigenvalue weighted by Crippen LogP contribution is 2.31. The van der Waals surface area contributed by atoms with Crippen LogP contribution in [-0.4, -0.2) is 5.11 Å². The van der Waals surface area contributed by atoms with Crippen LogP contribution >= 0.6 is 0 Å². The monoisotopic (exact) mass is 190 g/mol. The second kappa shape index (κ2) is 3.20. The van der Waals surface area contributed by atoms with Crippen molar-refractivity contribution in [3.05, 3.63) is 61.0 Å². The zero-order chi connectivity index (χ0) is 10.0. The summed E-state index contributed by atoms with van der Waals surface area (Å²) >= 11 is 0. The maximum Gasteiger partial charge on any atom is 0.198 e. The molecule has 72 valence electrons. The molecular weight excluding hydrogens is 180 g/mol.